The van der Waals surface area contributed by atoms with Crippen LogP contribution >= 0.6 is 0 Å². The number of likely N-dealkylation sites (tertiary alicyclic amines) is 1. The molecule has 0 spiro atoms. The van der Waals surface area contributed by atoms with E-state index in [9.17, 15) is 14.9 Å². The van der Waals surface area contributed by atoms with Crippen LogP contribution in [0.5, 0.6) is 6.01 Å². The first-order valence-corrected chi connectivity index (χ1v) is 18.3. The zero-order valence-electron chi connectivity index (χ0n) is 30.2. The van der Waals surface area contributed by atoms with E-state index in [4.69, 9.17) is 24.9 Å². The summed E-state index contributed by atoms with van der Waals surface area (Å²) in [5, 5.41) is 18.2. The molecule has 2 aromatic carbocycles. The van der Waals surface area contributed by atoms with Gasteiger partial charge in [0.05, 0.1) is 35.9 Å². The fraction of sp³-hybridized carbons (Fsp3) is 0.474. The number of aryl methyl sites for hydroxylation is 1. The lowest BCUT2D eigenvalue weighted by molar-refractivity contribution is -0.0366. The number of carbonyl (C=O) groups excluding carboxylic acids is 2. The summed E-state index contributed by atoms with van der Waals surface area (Å²) in [6.07, 6.45) is 6.14. The van der Waals surface area contributed by atoms with Crippen LogP contribution in [0, 0.1) is 18.3 Å². The Bertz CT molecular complexity index is 1980. The maximum Gasteiger partial charge on any atom is 0.410 e. The van der Waals surface area contributed by atoms with Gasteiger partial charge in [-0.3, -0.25) is 4.79 Å². The van der Waals surface area contributed by atoms with Crippen LogP contribution in [0.4, 0.5) is 22.0 Å². The average Bonchev–Trinajstić information content (AvgIpc) is 3.81. The van der Waals surface area contributed by atoms with E-state index in [-0.39, 0.29) is 55.8 Å². The summed E-state index contributed by atoms with van der Waals surface area (Å²) in [5.41, 5.74) is 9.95. The fourth-order valence-electron chi connectivity index (χ4n) is 7.36. The Morgan fingerprint density at radius 2 is 1.91 bits per heavy atom. The van der Waals surface area contributed by atoms with Gasteiger partial charge in [-0.1, -0.05) is 36.4 Å². The highest BCUT2D eigenvalue weighted by Gasteiger charge is 2.34. The molecule has 0 saturated carbocycles. The maximum atomic E-state index is 14.2. The molecular formula is C38H46N10O5. The highest BCUT2D eigenvalue weighted by molar-refractivity contribution is 6.11. The Morgan fingerprint density at radius 3 is 2.66 bits per heavy atom. The van der Waals surface area contributed by atoms with Crippen molar-refractivity contribution in [1.82, 2.24) is 29.5 Å². The number of aromatic nitrogens is 4. The number of benzene rings is 2. The maximum absolute atomic E-state index is 14.2. The van der Waals surface area contributed by atoms with Crippen molar-refractivity contribution in [1.29, 1.82) is 5.26 Å². The fourth-order valence-corrected chi connectivity index (χ4v) is 7.36. The van der Waals surface area contributed by atoms with E-state index in [1.807, 2.05) is 59.0 Å². The monoisotopic (exact) mass is 722 g/mol. The van der Waals surface area contributed by atoms with Crippen LogP contribution in [-0.4, -0.2) is 100 Å². The molecule has 278 valence electrons. The summed E-state index contributed by atoms with van der Waals surface area (Å²) in [6, 6.07) is 15.3. The lowest BCUT2D eigenvalue weighted by Gasteiger charge is -2.40. The molecule has 0 radical (unpaired) electrons. The predicted octanol–water partition coefficient (Wildman–Crippen LogP) is 4.88. The van der Waals surface area contributed by atoms with Gasteiger partial charge in [-0.15, -0.1) is 0 Å². The smallest absolute Gasteiger partial charge is 0.410 e. The van der Waals surface area contributed by atoms with Crippen molar-refractivity contribution in [3.8, 4) is 12.1 Å². The minimum Gasteiger partial charge on any atom is -0.462 e. The summed E-state index contributed by atoms with van der Waals surface area (Å²) in [6.45, 7) is 4.87. The minimum atomic E-state index is -0.525. The van der Waals surface area contributed by atoms with Crippen molar-refractivity contribution < 1.29 is 23.8 Å². The number of hydrogen-bond acceptors (Lipinski definition) is 12. The second kappa shape index (κ2) is 16.1. The third-order valence-corrected chi connectivity index (χ3v) is 10.4. The molecule has 3 saturated heterocycles. The van der Waals surface area contributed by atoms with Gasteiger partial charge in [0.15, 0.2) is 17.7 Å². The van der Waals surface area contributed by atoms with Crippen LogP contribution in [0.1, 0.15) is 66.4 Å². The largest absolute Gasteiger partial charge is 0.462 e. The van der Waals surface area contributed by atoms with E-state index in [0.29, 0.717) is 31.3 Å². The topological polar surface area (TPSA) is 177 Å². The number of likely N-dealkylation sites (N-methyl/N-ethyl adjacent to an activating group) is 1. The number of nitriles is 1. The van der Waals surface area contributed by atoms with E-state index < -0.39 is 18.0 Å². The number of nitrogens with one attached hydrogen (secondary N) is 1. The zero-order chi connectivity index (χ0) is 36.9. The van der Waals surface area contributed by atoms with Gasteiger partial charge in [0.2, 0.25) is 0 Å². The quantitative estimate of drug-likeness (QED) is 0.227. The zero-order valence-corrected chi connectivity index (χ0v) is 30.2. The predicted molar refractivity (Wildman–Crippen MR) is 198 cm³/mol. The first kappa shape index (κ1) is 35.9. The normalized spacial score (nSPS) is 20.7. The molecule has 3 aliphatic heterocycles. The van der Waals surface area contributed by atoms with Gasteiger partial charge in [0, 0.05) is 37.7 Å². The first-order chi connectivity index (χ1) is 25.8. The summed E-state index contributed by atoms with van der Waals surface area (Å²) < 4.78 is 19.7. The van der Waals surface area contributed by atoms with Crippen molar-refractivity contribution in [2.45, 2.75) is 70.4 Å². The van der Waals surface area contributed by atoms with Gasteiger partial charge in [-0.05, 0) is 69.8 Å². The van der Waals surface area contributed by atoms with E-state index in [0.717, 1.165) is 60.7 Å². The molecule has 0 bridgehead atoms. The minimum absolute atomic E-state index is 0.0263. The molecule has 0 aliphatic carbocycles. The number of ether oxygens (including phenoxy) is 3. The average molecular weight is 723 g/mol. The molecule has 3 fully saturated rings. The van der Waals surface area contributed by atoms with E-state index in [1.165, 1.54) is 0 Å². The number of fused-ring (bicyclic) bond motifs is 1. The van der Waals surface area contributed by atoms with Crippen molar-refractivity contribution in [2.75, 3.05) is 62.4 Å². The molecule has 2 aromatic heterocycles. The van der Waals surface area contributed by atoms with Crippen molar-refractivity contribution in [2.24, 2.45) is 0 Å². The second-order valence-corrected chi connectivity index (χ2v) is 13.9. The summed E-state index contributed by atoms with van der Waals surface area (Å²) in [7, 11) is 2.06. The number of nitrogens with zero attached hydrogens (tertiary/aromatic N) is 8. The molecule has 53 heavy (non-hydrogen) atoms. The van der Waals surface area contributed by atoms with Crippen LogP contribution in [0.2, 0.25) is 0 Å². The third-order valence-electron chi connectivity index (χ3n) is 10.4. The van der Waals surface area contributed by atoms with Gasteiger partial charge in [-0.25, -0.2) is 9.48 Å². The number of piperazine rings is 1. The molecule has 3 atom stereocenters. The standard InChI is InChI=1S/C38H46N10O5/c1-25-13-14-30-29(21-41-48(30)31-12-6-7-20-51-31)33(25)42-36(49)34-32(40)35(44-37(43-34)52-24-28-11-8-17-45(28)2)46-18-19-47(27(22-46)15-16-39)38(50)53-23-26-9-4-3-5-10-26/h3-5,9-10,13-14,21,27-28,31H,6-8,11-12,15,17-20,22-24,40H2,1-2H3,(H,42,49)/t27-,28-,31?/m0/s1. The van der Waals surface area contributed by atoms with E-state index >= 15 is 0 Å². The molecular weight excluding hydrogens is 676 g/mol. The van der Waals surface area contributed by atoms with Crippen molar-refractivity contribution >= 4 is 40.1 Å². The summed E-state index contributed by atoms with van der Waals surface area (Å²) in [4.78, 5) is 42.4. The number of nitrogen functional groups attached to an aromatic ring is 1. The number of anilines is 3. The lowest BCUT2D eigenvalue weighted by Crippen LogP contribution is -2.55. The van der Waals surface area contributed by atoms with Crippen LogP contribution in [-0.2, 0) is 16.1 Å². The van der Waals surface area contributed by atoms with Gasteiger partial charge in [0.1, 0.15) is 18.9 Å². The van der Waals surface area contributed by atoms with Gasteiger partial charge in [0.25, 0.3) is 5.91 Å². The Labute approximate surface area is 308 Å². The van der Waals surface area contributed by atoms with E-state index in [1.54, 1.807) is 11.1 Å². The van der Waals surface area contributed by atoms with Crippen molar-refractivity contribution in [3.63, 3.8) is 0 Å². The molecule has 1 unspecified atom stereocenters. The highest BCUT2D eigenvalue weighted by Crippen LogP contribution is 2.34. The van der Waals surface area contributed by atoms with Gasteiger partial charge in [-0.2, -0.15) is 20.3 Å². The van der Waals surface area contributed by atoms with Crippen LogP contribution < -0.4 is 20.7 Å². The summed E-state index contributed by atoms with van der Waals surface area (Å²) in [5.74, 6) is -0.222. The summed E-state index contributed by atoms with van der Waals surface area (Å²) >= 11 is 0. The van der Waals surface area contributed by atoms with Gasteiger partial charge < -0.3 is 40.0 Å². The van der Waals surface area contributed by atoms with Gasteiger partial charge >= 0.3 is 12.1 Å². The van der Waals surface area contributed by atoms with E-state index in [2.05, 4.69) is 33.4 Å². The Balaban J connectivity index is 1.16. The van der Waals surface area contributed by atoms with Crippen molar-refractivity contribution in [3.05, 3.63) is 65.5 Å². The SMILES string of the molecule is Cc1ccc2c(cnn2C2CCCCO2)c1NC(=O)c1nc(OC[C@@H]2CCCN2C)nc(N2CCN(C(=O)OCc3ccccc3)[C@@H](CC#N)C2)c1N. The van der Waals surface area contributed by atoms with Crippen LogP contribution in [0.3, 0.4) is 0 Å². The number of amides is 2. The van der Waals surface area contributed by atoms with Crippen LogP contribution in [0.15, 0.2) is 48.7 Å². The third kappa shape index (κ3) is 7.84. The molecule has 2 amide bonds. The van der Waals surface area contributed by atoms with Crippen LogP contribution in [0.25, 0.3) is 10.9 Å². The number of nitrogens with two attached hydrogens (primary N) is 1. The number of rotatable bonds is 10. The molecule has 15 nitrogen and oxygen atoms in total. The molecule has 3 aliphatic rings. The number of hydrogen-bond donors (Lipinski definition) is 2. The molecule has 5 heterocycles. The molecule has 3 N–H and O–H groups in total. The number of carbonyl (C=O) groups is 2. The second-order valence-electron chi connectivity index (χ2n) is 13.9. The molecule has 7 rings (SSSR count). The first-order valence-electron chi connectivity index (χ1n) is 18.3. The molecule has 15 heteroatoms. The Morgan fingerprint density at radius 1 is 1.06 bits per heavy atom. The Kier molecular flexibility index (Phi) is 10.9. The lowest BCUT2D eigenvalue weighted by atomic mass is 10.1. The highest BCUT2D eigenvalue weighted by atomic mass is 16.6. The molecule has 4 aromatic rings. The Hall–Kier alpha value is -5.46.